The minimum Gasteiger partial charge on any atom is -0.342 e. The molecule has 3 aromatic rings. The molecule has 1 saturated carbocycles. The predicted molar refractivity (Wildman–Crippen MR) is 136 cm³/mol. The lowest BCUT2D eigenvalue weighted by Crippen LogP contribution is -2.29. The average Bonchev–Trinajstić information content (AvgIpc) is 3.47. The molecule has 0 radical (unpaired) electrons. The van der Waals surface area contributed by atoms with Gasteiger partial charge in [0.15, 0.2) is 21.5 Å². The Morgan fingerprint density at radius 2 is 1.94 bits per heavy atom. The predicted octanol–water partition coefficient (Wildman–Crippen LogP) is 2.57. The number of nitriles is 1. The van der Waals surface area contributed by atoms with E-state index in [1.165, 1.54) is 35.4 Å². The molecule has 2 aromatic heterocycles. The first-order valence-corrected chi connectivity index (χ1v) is 12.7. The van der Waals surface area contributed by atoms with Crippen molar-refractivity contribution < 1.29 is 18.0 Å². The molecule has 1 aliphatic rings. The highest BCUT2D eigenvalue weighted by atomic mass is 35.5. The van der Waals surface area contributed by atoms with Crippen LogP contribution in [0.2, 0.25) is 5.02 Å². The van der Waals surface area contributed by atoms with Gasteiger partial charge in [-0.05, 0) is 50.1 Å². The summed E-state index contributed by atoms with van der Waals surface area (Å²) in [7, 11) is -3.55. The fourth-order valence-electron chi connectivity index (χ4n) is 3.33. The summed E-state index contributed by atoms with van der Waals surface area (Å²) < 4.78 is 25.2. The highest BCUT2D eigenvalue weighted by Crippen LogP contribution is 2.45. The summed E-state index contributed by atoms with van der Waals surface area (Å²) in [5.41, 5.74) is -0.429. The van der Waals surface area contributed by atoms with Gasteiger partial charge in [-0.3, -0.25) is 9.59 Å². The van der Waals surface area contributed by atoms with Gasteiger partial charge in [0.1, 0.15) is 11.7 Å². The molecule has 0 unspecified atom stereocenters. The van der Waals surface area contributed by atoms with Gasteiger partial charge in [-0.1, -0.05) is 11.6 Å². The number of carbonyl (C=O) groups is 2. The van der Waals surface area contributed by atoms with Gasteiger partial charge in [0.2, 0.25) is 5.91 Å². The lowest BCUT2D eigenvalue weighted by Gasteiger charge is -2.15. The molecule has 11 nitrogen and oxygen atoms in total. The third-order valence-electron chi connectivity index (χ3n) is 5.49. The average molecular weight is 548 g/mol. The third-order valence-corrected chi connectivity index (χ3v) is 6.80. The molecule has 2 heterocycles. The van der Waals surface area contributed by atoms with Gasteiger partial charge in [-0.25, -0.2) is 18.4 Å². The zero-order valence-corrected chi connectivity index (χ0v) is 21.8. The van der Waals surface area contributed by atoms with E-state index in [2.05, 4.69) is 25.7 Å². The zero-order chi connectivity index (χ0) is 25.4. The molecule has 0 bridgehead atoms. The van der Waals surface area contributed by atoms with Crippen LogP contribution in [0.1, 0.15) is 42.0 Å². The van der Waals surface area contributed by atoms with E-state index in [1.807, 2.05) is 6.07 Å². The Bertz CT molecular complexity index is 1460. The second kappa shape index (κ2) is 10.3. The summed E-state index contributed by atoms with van der Waals surface area (Å²) in [4.78, 5) is 33.5. The van der Waals surface area contributed by atoms with Crippen molar-refractivity contribution >= 4 is 52.4 Å². The topological polar surface area (TPSA) is 160 Å². The molecule has 0 saturated heterocycles. The van der Waals surface area contributed by atoms with Crippen molar-refractivity contribution in [1.82, 2.24) is 25.1 Å². The molecule has 188 valence electrons. The van der Waals surface area contributed by atoms with E-state index in [0.717, 1.165) is 6.26 Å². The van der Waals surface area contributed by atoms with Crippen LogP contribution in [0.4, 0.5) is 5.69 Å². The van der Waals surface area contributed by atoms with E-state index >= 15 is 0 Å². The number of hydrogen-bond donors (Lipinski definition) is 2. The van der Waals surface area contributed by atoms with Crippen LogP contribution in [0, 0.1) is 16.7 Å². The molecule has 2 N–H and O–H groups in total. The fourth-order valence-corrected chi connectivity index (χ4v) is 4.31. The normalized spacial score (nSPS) is 14.6. The Balaban J connectivity index is 0.00000361. The van der Waals surface area contributed by atoms with Gasteiger partial charge in [0, 0.05) is 16.8 Å². The summed E-state index contributed by atoms with van der Waals surface area (Å²) in [5, 5.41) is 18.9. The van der Waals surface area contributed by atoms with Crippen LogP contribution in [0.15, 0.2) is 47.8 Å². The van der Waals surface area contributed by atoms with Gasteiger partial charge >= 0.3 is 0 Å². The van der Waals surface area contributed by atoms with Crippen LogP contribution in [0.25, 0.3) is 5.82 Å². The van der Waals surface area contributed by atoms with E-state index in [4.69, 9.17) is 16.9 Å². The van der Waals surface area contributed by atoms with Crippen molar-refractivity contribution in [3.8, 4) is 11.9 Å². The molecule has 36 heavy (non-hydrogen) atoms. The quantitative estimate of drug-likeness (QED) is 0.456. The maximum atomic E-state index is 12.8. The Kier molecular flexibility index (Phi) is 7.73. The number of nitrogens with zero attached hydrogens (tertiary/aromatic N) is 5. The molecule has 2 amide bonds. The Hall–Kier alpha value is -3.47. The summed E-state index contributed by atoms with van der Waals surface area (Å²) in [6.45, 7) is 1.69. The molecule has 14 heteroatoms. The molecular formula is C22H22ClN7O4S2. The smallest absolute Gasteiger partial charge is 0.251 e. The molecular weight excluding hydrogens is 526 g/mol. The van der Waals surface area contributed by atoms with Crippen molar-refractivity contribution in [1.29, 1.82) is 5.26 Å². The van der Waals surface area contributed by atoms with Gasteiger partial charge in [0.25, 0.3) is 5.91 Å². The Morgan fingerprint density at radius 3 is 2.53 bits per heavy atom. The maximum absolute atomic E-state index is 12.8. The third kappa shape index (κ3) is 5.67. The summed E-state index contributed by atoms with van der Waals surface area (Å²) in [6, 6.07) is 8.55. The SMILES string of the molecule is C[C@@H](NC(=O)c1cc(Cl)cc(S(C)(=O)=O)c1)c1ncnn1-c1ccc(NC(=O)C2(C#N)CC2)cn1.S. The van der Waals surface area contributed by atoms with Gasteiger partial charge < -0.3 is 10.6 Å². The first-order valence-electron chi connectivity index (χ1n) is 10.4. The Labute approximate surface area is 219 Å². The number of anilines is 1. The van der Waals surface area contributed by atoms with Crippen LogP contribution in [-0.4, -0.2) is 46.2 Å². The lowest BCUT2D eigenvalue weighted by atomic mass is 10.1. The highest BCUT2D eigenvalue weighted by Gasteiger charge is 2.50. The highest BCUT2D eigenvalue weighted by molar-refractivity contribution is 7.90. The van der Waals surface area contributed by atoms with E-state index in [9.17, 15) is 18.0 Å². The minimum absolute atomic E-state index is 0. The maximum Gasteiger partial charge on any atom is 0.251 e. The second-order valence-electron chi connectivity index (χ2n) is 8.23. The number of rotatable bonds is 7. The van der Waals surface area contributed by atoms with E-state index in [0.29, 0.717) is 30.2 Å². The van der Waals surface area contributed by atoms with Crippen LogP contribution in [0.3, 0.4) is 0 Å². The van der Waals surface area contributed by atoms with Crippen molar-refractivity contribution in [2.24, 2.45) is 5.41 Å². The number of sulfone groups is 1. The summed E-state index contributed by atoms with van der Waals surface area (Å²) in [6.07, 6.45) is 4.85. The Morgan fingerprint density at radius 1 is 1.22 bits per heavy atom. The number of hydrogen-bond acceptors (Lipinski definition) is 8. The number of aromatic nitrogens is 4. The number of pyridine rings is 1. The first-order chi connectivity index (χ1) is 16.5. The van der Waals surface area contributed by atoms with E-state index < -0.39 is 27.2 Å². The molecule has 4 rings (SSSR count). The number of benzene rings is 1. The zero-order valence-electron chi connectivity index (χ0n) is 19.2. The number of carbonyl (C=O) groups excluding carboxylic acids is 2. The van der Waals surface area contributed by atoms with Crippen molar-refractivity contribution in [2.75, 3.05) is 11.6 Å². The van der Waals surface area contributed by atoms with Crippen molar-refractivity contribution in [3.63, 3.8) is 0 Å². The van der Waals surface area contributed by atoms with Gasteiger partial charge in [-0.15, -0.1) is 0 Å². The molecule has 1 fully saturated rings. The molecule has 1 aliphatic carbocycles. The van der Waals surface area contributed by atoms with Crippen LogP contribution in [-0.2, 0) is 14.6 Å². The molecule has 0 spiro atoms. The van der Waals surface area contributed by atoms with Gasteiger partial charge in [0.05, 0.1) is 28.9 Å². The second-order valence-corrected chi connectivity index (χ2v) is 10.7. The molecule has 0 aliphatic heterocycles. The number of amides is 2. The number of nitrogens with one attached hydrogen (secondary N) is 2. The van der Waals surface area contributed by atoms with Crippen LogP contribution in [0.5, 0.6) is 0 Å². The standard InChI is InChI=1S/C22H20ClN7O4S.H2S/c1-13(28-20(31)14-7-15(23)9-17(8-14)35(2,33)34)19-26-12-27-30(19)18-4-3-16(10-25-18)29-21(32)22(11-24)5-6-22;/h3-4,7-10,12-13H,5-6H2,1-2H3,(H,28,31)(H,29,32);1H2/t13-;/m1./s1. The first kappa shape index (κ1) is 27.1. The molecule has 1 aromatic carbocycles. The largest absolute Gasteiger partial charge is 0.342 e. The van der Waals surface area contributed by atoms with Gasteiger partial charge in [-0.2, -0.15) is 28.5 Å². The number of halogens is 1. The van der Waals surface area contributed by atoms with Crippen molar-refractivity contribution in [3.05, 3.63) is 59.3 Å². The molecule has 1 atom stereocenters. The summed E-state index contributed by atoms with van der Waals surface area (Å²) >= 11 is 6.00. The van der Waals surface area contributed by atoms with Crippen molar-refractivity contribution in [2.45, 2.75) is 30.7 Å². The van der Waals surface area contributed by atoms with E-state index in [1.54, 1.807) is 19.1 Å². The van der Waals surface area contributed by atoms with Crippen LogP contribution < -0.4 is 10.6 Å². The summed E-state index contributed by atoms with van der Waals surface area (Å²) in [5.74, 6) is -0.140. The van der Waals surface area contributed by atoms with Crippen LogP contribution >= 0.6 is 25.1 Å². The minimum atomic E-state index is -3.55. The van der Waals surface area contributed by atoms with E-state index in [-0.39, 0.29) is 34.9 Å². The lowest BCUT2D eigenvalue weighted by molar-refractivity contribution is -0.119. The monoisotopic (exact) mass is 547 g/mol. The fraction of sp³-hybridized carbons (Fsp3) is 0.273.